The number of hydrazone groups is 1. The van der Waals surface area contributed by atoms with Crippen LogP contribution in [0.4, 0.5) is 0 Å². The first-order valence-corrected chi connectivity index (χ1v) is 16.9. The van der Waals surface area contributed by atoms with Gasteiger partial charge in [0, 0.05) is 17.9 Å². The molecule has 9 nitrogen and oxygen atoms in total. The molecule has 3 aromatic rings. The Labute approximate surface area is 229 Å². The Kier molecular flexibility index (Phi) is 8.52. The molecule has 0 spiro atoms. The maximum atomic E-state index is 13.1. The molecule has 202 valence electrons. The average molecular weight is 594 g/mol. The smallest absolute Gasteiger partial charge is 0.345 e. The number of carboxylic acids is 1. The number of rotatable bonds is 11. The average Bonchev–Trinajstić information content (AvgIpc) is 3.52. The molecular formula is C25H27N3O6S4. The molecule has 0 aliphatic carbocycles. The van der Waals surface area contributed by atoms with E-state index in [1.165, 1.54) is 24.3 Å². The van der Waals surface area contributed by atoms with Crippen LogP contribution in [0.2, 0.25) is 0 Å². The minimum atomic E-state index is -4.41. The Bertz CT molecular complexity index is 1610. The van der Waals surface area contributed by atoms with Crippen LogP contribution in [0.1, 0.15) is 32.3 Å². The molecule has 38 heavy (non-hydrogen) atoms. The van der Waals surface area contributed by atoms with E-state index in [2.05, 4.69) is 12.0 Å². The SMILES string of the molecule is CCCCN1N=C(C)C(C(=O)O)=S1Cc1ccc(-c2ccccc2S(=O)(=O)NS(=O)(=O)c2cccs2)cc1. The number of carbonyl (C=O) groups is 1. The summed E-state index contributed by atoms with van der Waals surface area (Å²) in [5.41, 5.74) is 2.31. The number of nitrogens with zero attached hydrogens (tertiary/aromatic N) is 2. The van der Waals surface area contributed by atoms with Gasteiger partial charge in [-0.05, 0) is 42.0 Å². The molecule has 4 rings (SSSR count). The number of aliphatic carboxylic acids is 1. The zero-order valence-electron chi connectivity index (χ0n) is 20.7. The summed E-state index contributed by atoms with van der Waals surface area (Å²) in [7, 11) is -9.40. The van der Waals surface area contributed by atoms with Gasteiger partial charge in [0.15, 0.2) is 0 Å². The predicted molar refractivity (Wildman–Crippen MR) is 152 cm³/mol. The summed E-state index contributed by atoms with van der Waals surface area (Å²) in [6, 6.07) is 16.2. The van der Waals surface area contributed by atoms with Gasteiger partial charge in [-0.15, -0.1) is 11.3 Å². The van der Waals surface area contributed by atoms with E-state index >= 15 is 0 Å². The van der Waals surface area contributed by atoms with Crippen LogP contribution in [0.15, 0.2) is 80.2 Å². The van der Waals surface area contributed by atoms with Crippen molar-refractivity contribution in [2.24, 2.45) is 5.10 Å². The zero-order chi connectivity index (χ0) is 27.5. The minimum absolute atomic E-state index is 0.0969. The van der Waals surface area contributed by atoms with E-state index < -0.39 is 36.7 Å². The van der Waals surface area contributed by atoms with E-state index in [9.17, 15) is 26.7 Å². The predicted octanol–water partition coefficient (Wildman–Crippen LogP) is 4.51. The minimum Gasteiger partial charge on any atom is -0.477 e. The molecule has 13 heteroatoms. The molecule has 0 bridgehead atoms. The van der Waals surface area contributed by atoms with E-state index in [1.54, 1.807) is 36.6 Å². The molecule has 1 aliphatic rings. The van der Waals surface area contributed by atoms with Gasteiger partial charge in [-0.2, -0.15) is 5.10 Å². The Morgan fingerprint density at radius 1 is 1.03 bits per heavy atom. The van der Waals surface area contributed by atoms with Crippen molar-refractivity contribution in [1.29, 1.82) is 0 Å². The van der Waals surface area contributed by atoms with Crippen LogP contribution in [0.25, 0.3) is 11.1 Å². The lowest BCUT2D eigenvalue weighted by atomic mass is 10.0. The standard InChI is InChI=1S/C25H27N3O6S4/c1-3-4-15-28-26-18(2)24(25(29)30)36(28)17-19-11-13-20(14-12-19)21-8-5-6-9-22(21)37(31,32)27-38(33,34)23-10-7-16-35-23/h5-14,16,27H,3-4,15,17H2,1-2H3,(H,29,30). The molecule has 0 saturated carbocycles. The Morgan fingerprint density at radius 3 is 2.37 bits per heavy atom. The van der Waals surface area contributed by atoms with Crippen LogP contribution in [-0.2, 0) is 30.6 Å². The van der Waals surface area contributed by atoms with Crippen LogP contribution in [0, 0.1) is 0 Å². The maximum absolute atomic E-state index is 13.1. The first-order valence-electron chi connectivity index (χ1n) is 11.7. The number of hydrogen-bond acceptors (Lipinski definition) is 8. The monoisotopic (exact) mass is 593 g/mol. The third-order valence-corrected chi connectivity index (χ3v) is 13.0. The fourth-order valence-corrected chi connectivity index (χ4v) is 10.3. The Hall–Kier alpha value is -2.84. The first-order chi connectivity index (χ1) is 18.0. The Morgan fingerprint density at radius 2 is 1.74 bits per heavy atom. The number of carboxylic acid groups (broad SMARTS) is 1. The largest absolute Gasteiger partial charge is 0.477 e. The number of sulfonamides is 2. The molecule has 1 atom stereocenters. The lowest BCUT2D eigenvalue weighted by molar-refractivity contribution is -0.128. The van der Waals surface area contributed by atoms with E-state index in [1.807, 2.05) is 20.7 Å². The normalized spacial score (nSPS) is 16.1. The van der Waals surface area contributed by atoms with Crippen LogP contribution >= 0.6 is 22.0 Å². The van der Waals surface area contributed by atoms with Gasteiger partial charge in [0.1, 0.15) is 9.07 Å². The second kappa shape index (κ2) is 11.5. The maximum Gasteiger partial charge on any atom is 0.345 e. The molecule has 1 aromatic heterocycles. The summed E-state index contributed by atoms with van der Waals surface area (Å²) in [6.07, 6.45) is 1.86. The van der Waals surface area contributed by atoms with Gasteiger partial charge in [-0.25, -0.2) is 26.0 Å². The number of unbranched alkanes of at least 4 members (excludes halogenated alkanes) is 1. The fourth-order valence-electron chi connectivity index (χ4n) is 3.92. The summed E-state index contributed by atoms with van der Waals surface area (Å²) >= 11 is 0.923. The second-order valence-electron chi connectivity index (χ2n) is 8.47. The van der Waals surface area contributed by atoms with Gasteiger partial charge in [0.05, 0.1) is 10.6 Å². The van der Waals surface area contributed by atoms with Crippen molar-refractivity contribution in [3.63, 3.8) is 0 Å². The summed E-state index contributed by atoms with van der Waals surface area (Å²) in [6.45, 7) is 4.44. The molecule has 2 heterocycles. The van der Waals surface area contributed by atoms with Gasteiger partial charge in [0.2, 0.25) is 0 Å². The van der Waals surface area contributed by atoms with Gasteiger partial charge in [0.25, 0.3) is 20.0 Å². The lowest BCUT2D eigenvalue weighted by Gasteiger charge is -2.20. The van der Waals surface area contributed by atoms with Crippen molar-refractivity contribution < 1.29 is 26.7 Å². The zero-order valence-corrected chi connectivity index (χ0v) is 24.0. The first kappa shape index (κ1) is 28.2. The van der Waals surface area contributed by atoms with Gasteiger partial charge >= 0.3 is 5.97 Å². The molecule has 1 unspecified atom stereocenters. The molecule has 0 fully saturated rings. The molecule has 0 radical (unpaired) electrons. The Balaban J connectivity index is 1.62. The van der Waals surface area contributed by atoms with E-state index in [-0.39, 0.29) is 9.10 Å². The van der Waals surface area contributed by atoms with Crippen LogP contribution in [-0.4, -0.2) is 49.4 Å². The number of thiophene rings is 1. The lowest BCUT2D eigenvalue weighted by Crippen LogP contribution is -2.30. The van der Waals surface area contributed by atoms with E-state index in [0.29, 0.717) is 34.0 Å². The van der Waals surface area contributed by atoms with Gasteiger partial charge in [-0.3, -0.25) is 0 Å². The van der Waals surface area contributed by atoms with Crippen molar-refractivity contribution in [3.8, 4) is 11.1 Å². The fraction of sp³-hybridized carbons (Fsp3) is 0.240. The van der Waals surface area contributed by atoms with Crippen molar-refractivity contribution in [1.82, 2.24) is 8.54 Å². The van der Waals surface area contributed by atoms with E-state index in [0.717, 1.165) is 29.7 Å². The molecule has 2 aromatic carbocycles. The highest BCUT2D eigenvalue weighted by Crippen LogP contribution is 2.34. The summed E-state index contributed by atoms with van der Waals surface area (Å²) in [4.78, 5) is 12.1. The van der Waals surface area contributed by atoms with Crippen LogP contribution < -0.4 is 4.13 Å². The second-order valence-corrected chi connectivity index (χ2v) is 15.1. The summed E-state index contributed by atoms with van der Waals surface area (Å²) in [5.74, 6) is -0.526. The number of hydrogen-bond donors (Lipinski definition) is 2. The molecule has 0 saturated heterocycles. The molecule has 1 aliphatic heterocycles. The van der Waals surface area contributed by atoms with Crippen molar-refractivity contribution in [2.75, 3.05) is 6.54 Å². The summed E-state index contributed by atoms with van der Waals surface area (Å²) < 4.78 is 55.0. The van der Waals surface area contributed by atoms with E-state index in [4.69, 9.17) is 0 Å². The van der Waals surface area contributed by atoms with Crippen molar-refractivity contribution >= 4 is 58.6 Å². The number of nitrogens with one attached hydrogen (secondary N) is 1. The topological polar surface area (TPSA) is 133 Å². The third kappa shape index (κ3) is 6.07. The summed E-state index contributed by atoms with van der Waals surface area (Å²) in [5, 5.41) is 15.8. The van der Waals surface area contributed by atoms with Crippen molar-refractivity contribution in [3.05, 3.63) is 71.6 Å². The van der Waals surface area contributed by atoms with Crippen LogP contribution in [0.5, 0.6) is 0 Å². The highest BCUT2D eigenvalue weighted by molar-refractivity contribution is 8.15. The third-order valence-electron chi connectivity index (χ3n) is 5.70. The van der Waals surface area contributed by atoms with Crippen molar-refractivity contribution in [2.45, 2.75) is 41.5 Å². The number of benzene rings is 2. The van der Waals surface area contributed by atoms with Crippen LogP contribution in [0.3, 0.4) is 0 Å². The van der Waals surface area contributed by atoms with Gasteiger partial charge in [-0.1, -0.05) is 76.7 Å². The highest BCUT2D eigenvalue weighted by atomic mass is 32.3. The quantitative estimate of drug-likeness (QED) is 0.313. The molecule has 2 N–H and O–H groups in total. The molecule has 0 amide bonds. The highest BCUT2D eigenvalue weighted by Gasteiger charge is 2.29. The van der Waals surface area contributed by atoms with Gasteiger partial charge < -0.3 is 5.11 Å². The molecular weight excluding hydrogens is 567 g/mol.